The quantitative estimate of drug-likeness (QED) is 0.629. The van der Waals surface area contributed by atoms with Gasteiger partial charge in [-0.15, -0.1) is 0 Å². The number of benzene rings is 1. The van der Waals surface area contributed by atoms with Gasteiger partial charge >= 0.3 is 0 Å². The third-order valence-corrected chi connectivity index (χ3v) is 4.17. The van der Waals surface area contributed by atoms with E-state index in [1.165, 1.54) is 16.7 Å². The number of carbonyl (C=O) groups excluding carboxylic acids is 1. The zero-order valence-corrected chi connectivity index (χ0v) is 9.34. The monoisotopic (exact) mass is 200 g/mol. The molecule has 0 bridgehead atoms. The topological polar surface area (TPSA) is 17.1 Å². The molecule has 2 atom stereocenters. The van der Waals surface area contributed by atoms with Crippen molar-refractivity contribution < 1.29 is 4.79 Å². The van der Waals surface area contributed by atoms with E-state index in [1.54, 1.807) is 0 Å². The van der Waals surface area contributed by atoms with Gasteiger partial charge in [-0.2, -0.15) is 0 Å². The highest BCUT2D eigenvalue weighted by atomic mass is 16.1. The van der Waals surface area contributed by atoms with Gasteiger partial charge < -0.3 is 0 Å². The minimum Gasteiger partial charge on any atom is -0.299 e. The van der Waals surface area contributed by atoms with Crippen molar-refractivity contribution in [3.8, 4) is 0 Å². The number of hydrogen-bond acceptors (Lipinski definition) is 1. The molecule has 0 spiro atoms. The molecule has 0 aliphatic heterocycles. The highest BCUT2D eigenvalue weighted by Gasteiger charge is 2.50. The van der Waals surface area contributed by atoms with Crippen LogP contribution in [0.5, 0.6) is 0 Å². The van der Waals surface area contributed by atoms with Gasteiger partial charge in [0, 0.05) is 12.3 Å². The van der Waals surface area contributed by atoms with Gasteiger partial charge in [0.15, 0.2) is 0 Å². The lowest BCUT2D eigenvalue weighted by molar-refractivity contribution is -0.119. The van der Waals surface area contributed by atoms with Gasteiger partial charge in [0.05, 0.1) is 0 Å². The molecule has 0 radical (unpaired) electrons. The number of aryl methyl sites for hydroxylation is 1. The molecule has 0 amide bonds. The van der Waals surface area contributed by atoms with E-state index in [4.69, 9.17) is 0 Å². The maximum absolute atomic E-state index is 11.9. The van der Waals surface area contributed by atoms with E-state index in [1.807, 2.05) is 0 Å². The van der Waals surface area contributed by atoms with Crippen LogP contribution in [0.1, 0.15) is 42.4 Å². The summed E-state index contributed by atoms with van der Waals surface area (Å²) < 4.78 is 0. The standard InChI is InChI=1S/C14H16O/c1-9-3-4-10-8-14(2)6-5-12(15)13(14)11(10)7-9/h3-4,7,13H,5-6,8H2,1-2H3/t13-,14-/m0/s1. The molecular formula is C14H16O. The minimum absolute atomic E-state index is 0.201. The van der Waals surface area contributed by atoms with Crippen LogP contribution in [0.25, 0.3) is 0 Å². The summed E-state index contributed by atoms with van der Waals surface area (Å²) in [6.07, 6.45) is 2.96. The van der Waals surface area contributed by atoms with Gasteiger partial charge in [-0.05, 0) is 36.3 Å². The van der Waals surface area contributed by atoms with Crippen LogP contribution < -0.4 is 0 Å². The lowest BCUT2D eigenvalue weighted by Crippen LogP contribution is -2.18. The number of Topliss-reactive ketones (excluding diaryl/α,β-unsaturated/α-hetero) is 1. The third-order valence-electron chi connectivity index (χ3n) is 4.17. The van der Waals surface area contributed by atoms with E-state index in [-0.39, 0.29) is 11.3 Å². The first-order valence-electron chi connectivity index (χ1n) is 5.72. The first-order chi connectivity index (χ1) is 7.10. The van der Waals surface area contributed by atoms with Crippen molar-refractivity contribution >= 4 is 5.78 Å². The number of fused-ring (bicyclic) bond motifs is 3. The summed E-state index contributed by atoms with van der Waals surface area (Å²) in [4.78, 5) is 11.9. The van der Waals surface area contributed by atoms with E-state index in [0.29, 0.717) is 5.78 Å². The van der Waals surface area contributed by atoms with E-state index < -0.39 is 0 Å². The molecule has 3 rings (SSSR count). The smallest absolute Gasteiger partial charge is 0.140 e. The Bertz CT molecular complexity index is 447. The lowest BCUT2D eigenvalue weighted by atomic mass is 9.80. The zero-order chi connectivity index (χ0) is 10.6. The van der Waals surface area contributed by atoms with Crippen molar-refractivity contribution in [1.82, 2.24) is 0 Å². The van der Waals surface area contributed by atoms with Crippen LogP contribution in [-0.2, 0) is 11.2 Å². The molecular weight excluding hydrogens is 184 g/mol. The summed E-state index contributed by atoms with van der Waals surface area (Å²) in [7, 11) is 0. The Balaban J connectivity index is 2.18. The zero-order valence-electron chi connectivity index (χ0n) is 9.34. The second kappa shape index (κ2) is 2.72. The molecule has 15 heavy (non-hydrogen) atoms. The Hall–Kier alpha value is -1.11. The number of rotatable bonds is 0. The van der Waals surface area contributed by atoms with E-state index >= 15 is 0 Å². The summed E-state index contributed by atoms with van der Waals surface area (Å²) in [6.45, 7) is 4.38. The predicted molar refractivity (Wildman–Crippen MR) is 60.0 cm³/mol. The van der Waals surface area contributed by atoms with Crippen LogP contribution in [0.15, 0.2) is 18.2 Å². The molecule has 2 aliphatic carbocycles. The van der Waals surface area contributed by atoms with Crippen LogP contribution >= 0.6 is 0 Å². The van der Waals surface area contributed by atoms with Crippen molar-refractivity contribution in [3.05, 3.63) is 34.9 Å². The Kier molecular flexibility index (Phi) is 1.66. The van der Waals surface area contributed by atoms with Crippen molar-refractivity contribution in [2.24, 2.45) is 5.41 Å². The van der Waals surface area contributed by atoms with Gasteiger partial charge in [0.25, 0.3) is 0 Å². The second-order valence-electron chi connectivity index (χ2n) is 5.43. The van der Waals surface area contributed by atoms with Crippen LogP contribution in [0, 0.1) is 12.3 Å². The Morgan fingerprint density at radius 3 is 3.00 bits per heavy atom. The molecule has 1 aromatic rings. The molecule has 2 aliphatic rings. The summed E-state index contributed by atoms with van der Waals surface area (Å²) >= 11 is 0. The summed E-state index contributed by atoms with van der Waals surface area (Å²) in [5.41, 5.74) is 4.23. The molecule has 0 heterocycles. The molecule has 0 N–H and O–H groups in total. The Morgan fingerprint density at radius 1 is 1.40 bits per heavy atom. The molecule has 1 aromatic carbocycles. The van der Waals surface area contributed by atoms with Crippen LogP contribution in [0.2, 0.25) is 0 Å². The minimum atomic E-state index is 0.201. The second-order valence-corrected chi connectivity index (χ2v) is 5.43. The Morgan fingerprint density at radius 2 is 2.20 bits per heavy atom. The predicted octanol–water partition coefficient (Wildman–Crippen LogP) is 3.00. The van der Waals surface area contributed by atoms with Gasteiger partial charge in [0.1, 0.15) is 5.78 Å². The first kappa shape index (κ1) is 9.14. The van der Waals surface area contributed by atoms with Crippen molar-refractivity contribution in [1.29, 1.82) is 0 Å². The normalized spacial score (nSPS) is 32.9. The van der Waals surface area contributed by atoms with Gasteiger partial charge in [-0.3, -0.25) is 4.79 Å². The molecule has 0 aromatic heterocycles. The summed E-state index contributed by atoms with van der Waals surface area (Å²) in [6, 6.07) is 6.59. The highest BCUT2D eigenvalue weighted by Crippen LogP contribution is 2.55. The highest BCUT2D eigenvalue weighted by molar-refractivity contribution is 5.90. The van der Waals surface area contributed by atoms with Crippen molar-refractivity contribution in [2.75, 3.05) is 0 Å². The summed E-state index contributed by atoms with van der Waals surface area (Å²) in [5, 5.41) is 0. The molecule has 1 heteroatoms. The van der Waals surface area contributed by atoms with Crippen LogP contribution in [-0.4, -0.2) is 5.78 Å². The number of carbonyl (C=O) groups is 1. The molecule has 1 saturated carbocycles. The molecule has 1 nitrogen and oxygen atoms in total. The fourth-order valence-corrected chi connectivity index (χ4v) is 3.40. The molecule has 0 unspecified atom stereocenters. The van der Waals surface area contributed by atoms with E-state index in [2.05, 4.69) is 32.0 Å². The Labute approximate surface area is 90.5 Å². The van der Waals surface area contributed by atoms with Crippen molar-refractivity contribution in [2.45, 2.75) is 39.0 Å². The largest absolute Gasteiger partial charge is 0.299 e. The first-order valence-corrected chi connectivity index (χ1v) is 5.72. The average molecular weight is 200 g/mol. The molecule has 78 valence electrons. The van der Waals surface area contributed by atoms with Gasteiger partial charge in [-0.1, -0.05) is 30.7 Å². The number of hydrogen-bond donors (Lipinski definition) is 0. The fraction of sp³-hybridized carbons (Fsp3) is 0.500. The van der Waals surface area contributed by atoms with E-state index in [9.17, 15) is 4.79 Å². The number of ketones is 1. The van der Waals surface area contributed by atoms with Crippen LogP contribution in [0.4, 0.5) is 0 Å². The SMILES string of the molecule is Cc1ccc2c(c1)[C@H]1C(=O)CC[C@@]1(C)C2. The lowest BCUT2D eigenvalue weighted by Gasteiger charge is -2.22. The van der Waals surface area contributed by atoms with Gasteiger partial charge in [-0.25, -0.2) is 0 Å². The third kappa shape index (κ3) is 1.12. The maximum Gasteiger partial charge on any atom is 0.140 e. The van der Waals surface area contributed by atoms with Crippen molar-refractivity contribution in [3.63, 3.8) is 0 Å². The van der Waals surface area contributed by atoms with Crippen LogP contribution in [0.3, 0.4) is 0 Å². The van der Waals surface area contributed by atoms with E-state index in [0.717, 1.165) is 19.3 Å². The maximum atomic E-state index is 11.9. The molecule has 0 saturated heterocycles. The van der Waals surface area contributed by atoms with Gasteiger partial charge in [0.2, 0.25) is 0 Å². The average Bonchev–Trinajstić information content (AvgIpc) is 2.61. The molecule has 1 fully saturated rings. The fourth-order valence-electron chi connectivity index (χ4n) is 3.40. The summed E-state index contributed by atoms with van der Waals surface area (Å²) in [5.74, 6) is 0.661.